The molecule has 4 aromatic rings. The minimum Gasteiger partial charge on any atom is -0.465 e. The number of methoxy groups -OCH3 is 1. The predicted molar refractivity (Wildman–Crippen MR) is 155 cm³/mol. The summed E-state index contributed by atoms with van der Waals surface area (Å²) in [6, 6.07) is 21.8. The second-order valence-electron chi connectivity index (χ2n) is 7.55. The van der Waals surface area contributed by atoms with Gasteiger partial charge in [0, 0.05) is 10.6 Å². The maximum atomic E-state index is 12.7. The van der Waals surface area contributed by atoms with Crippen molar-refractivity contribution in [1.82, 2.24) is 0 Å². The molecule has 12 heteroatoms. The van der Waals surface area contributed by atoms with Crippen LogP contribution in [-0.2, 0) is 14.8 Å². The lowest BCUT2D eigenvalue weighted by atomic mass is 10.1. The minimum atomic E-state index is -3.86. The van der Waals surface area contributed by atoms with E-state index in [1.54, 1.807) is 18.2 Å². The highest BCUT2D eigenvalue weighted by Gasteiger charge is 2.19. The summed E-state index contributed by atoms with van der Waals surface area (Å²) in [5, 5.41) is 7.33. The molecule has 4 rings (SSSR count). The van der Waals surface area contributed by atoms with E-state index in [2.05, 4.69) is 15.4 Å². The summed E-state index contributed by atoms with van der Waals surface area (Å²) in [5.41, 5.74) is 2.14. The van der Waals surface area contributed by atoms with Gasteiger partial charge < -0.3 is 15.4 Å². The fourth-order valence-electron chi connectivity index (χ4n) is 3.25. The van der Waals surface area contributed by atoms with Crippen LogP contribution >= 0.6 is 46.8 Å². The highest BCUT2D eigenvalue weighted by molar-refractivity contribution is 7.92. The number of anilines is 3. The highest BCUT2D eigenvalue weighted by atomic mass is 35.5. The first kappa shape index (κ1) is 26.9. The second-order valence-corrected chi connectivity index (χ2v) is 11.5. The van der Waals surface area contributed by atoms with Gasteiger partial charge in [-0.05, 0) is 66.3 Å². The Bertz CT molecular complexity index is 1560. The van der Waals surface area contributed by atoms with Gasteiger partial charge in [0.25, 0.3) is 10.0 Å². The molecule has 0 saturated heterocycles. The third-order valence-electron chi connectivity index (χ3n) is 5.02. The van der Waals surface area contributed by atoms with Crippen LogP contribution in [0, 0.1) is 0 Å². The average Bonchev–Trinajstić information content (AvgIpc) is 3.30. The van der Waals surface area contributed by atoms with Crippen LogP contribution in [0.1, 0.15) is 10.4 Å². The lowest BCUT2D eigenvalue weighted by Crippen LogP contribution is -2.20. The van der Waals surface area contributed by atoms with E-state index in [4.69, 9.17) is 40.2 Å². The molecule has 1 aromatic heterocycles. The maximum Gasteiger partial charge on any atom is 0.340 e. The van der Waals surface area contributed by atoms with Gasteiger partial charge in [-0.25, -0.2) is 13.2 Å². The largest absolute Gasteiger partial charge is 0.465 e. The molecule has 0 unspecified atom stereocenters. The minimum absolute atomic E-state index is 0.0433. The van der Waals surface area contributed by atoms with Gasteiger partial charge in [-0.2, -0.15) is 0 Å². The van der Waals surface area contributed by atoms with Crippen LogP contribution in [0.15, 0.2) is 83.8 Å². The zero-order valence-electron chi connectivity index (χ0n) is 19.1. The third kappa shape index (κ3) is 6.60. The van der Waals surface area contributed by atoms with Crippen molar-refractivity contribution in [3.8, 4) is 10.4 Å². The normalized spacial score (nSPS) is 11.0. The number of thiophene rings is 1. The molecular weight excluding hydrogens is 573 g/mol. The first-order valence-corrected chi connectivity index (χ1v) is 14.1. The molecule has 0 spiro atoms. The third-order valence-corrected chi connectivity index (χ3v) is 8.46. The van der Waals surface area contributed by atoms with Gasteiger partial charge in [-0.1, -0.05) is 53.5 Å². The Labute approximate surface area is 233 Å². The Morgan fingerprint density at radius 2 is 1.57 bits per heavy atom. The number of hydrogen-bond acceptors (Lipinski definition) is 6. The van der Waals surface area contributed by atoms with Crippen molar-refractivity contribution in [3.63, 3.8) is 0 Å². The number of nitrogens with one attached hydrogen (secondary N) is 3. The molecule has 0 saturated carbocycles. The van der Waals surface area contributed by atoms with Crippen molar-refractivity contribution in [1.29, 1.82) is 0 Å². The van der Waals surface area contributed by atoms with Crippen LogP contribution in [0.4, 0.5) is 16.4 Å². The van der Waals surface area contributed by atoms with Crippen molar-refractivity contribution >= 4 is 84.2 Å². The summed E-state index contributed by atoms with van der Waals surface area (Å²) < 4.78 is 32.8. The first-order valence-electron chi connectivity index (χ1n) is 10.6. The SMILES string of the molecule is COC(=O)c1cc(-c2ccccc2)sc1NC(=S)Nc1ccc(S(=O)(=O)Nc2ccc(Cl)c(Cl)c2)cc1. The maximum absolute atomic E-state index is 12.7. The van der Waals surface area contributed by atoms with E-state index in [9.17, 15) is 13.2 Å². The monoisotopic (exact) mass is 591 g/mol. The first-order chi connectivity index (χ1) is 17.7. The standard InChI is InChI=1S/C25H19Cl2N3O4S3/c1-34-24(31)19-14-22(15-5-3-2-4-6-15)36-23(19)29-25(35)28-16-7-10-18(11-8-16)37(32,33)30-17-9-12-20(26)21(27)13-17/h2-14,30H,1H3,(H2,28,29,35). The van der Waals surface area contributed by atoms with Crippen LogP contribution in [0.2, 0.25) is 10.0 Å². The Kier molecular flexibility index (Phi) is 8.35. The summed E-state index contributed by atoms with van der Waals surface area (Å²) in [7, 11) is -2.54. The zero-order valence-corrected chi connectivity index (χ0v) is 23.1. The van der Waals surface area contributed by atoms with Gasteiger partial charge in [0.1, 0.15) is 5.00 Å². The number of benzene rings is 3. The molecule has 1 heterocycles. The molecule has 0 bridgehead atoms. The summed E-state index contributed by atoms with van der Waals surface area (Å²) in [5.74, 6) is -0.493. The summed E-state index contributed by atoms with van der Waals surface area (Å²) in [6.07, 6.45) is 0. The Hall–Kier alpha value is -3.15. The molecule has 0 amide bonds. The van der Waals surface area contributed by atoms with E-state index in [1.165, 1.54) is 48.8 Å². The van der Waals surface area contributed by atoms with Gasteiger partial charge in [-0.3, -0.25) is 4.72 Å². The van der Waals surface area contributed by atoms with Gasteiger partial charge in [-0.15, -0.1) is 11.3 Å². The molecule has 0 atom stereocenters. The lowest BCUT2D eigenvalue weighted by molar-refractivity contribution is 0.0602. The molecule has 3 N–H and O–H groups in total. The highest BCUT2D eigenvalue weighted by Crippen LogP contribution is 2.36. The second kappa shape index (κ2) is 11.5. The van der Waals surface area contributed by atoms with Crippen molar-refractivity contribution < 1.29 is 17.9 Å². The lowest BCUT2D eigenvalue weighted by Gasteiger charge is -2.12. The molecule has 0 aliphatic heterocycles. The van der Waals surface area contributed by atoms with E-state index < -0.39 is 16.0 Å². The number of esters is 1. The quantitative estimate of drug-likeness (QED) is 0.155. The molecule has 0 aliphatic rings. The molecule has 3 aromatic carbocycles. The topological polar surface area (TPSA) is 96.5 Å². The molecule has 0 fully saturated rings. The number of thiocarbonyl (C=S) groups is 1. The van der Waals surface area contributed by atoms with Crippen LogP contribution in [0.25, 0.3) is 10.4 Å². The Morgan fingerprint density at radius 3 is 2.22 bits per heavy atom. The van der Waals surface area contributed by atoms with E-state index in [-0.39, 0.29) is 20.7 Å². The van der Waals surface area contributed by atoms with E-state index in [1.807, 2.05) is 30.3 Å². The van der Waals surface area contributed by atoms with Crippen LogP contribution in [-0.4, -0.2) is 26.6 Å². The van der Waals surface area contributed by atoms with Gasteiger partial charge >= 0.3 is 5.97 Å². The molecule has 7 nitrogen and oxygen atoms in total. The summed E-state index contributed by atoms with van der Waals surface area (Å²) in [6.45, 7) is 0. The van der Waals surface area contributed by atoms with Crippen LogP contribution in [0.3, 0.4) is 0 Å². The number of ether oxygens (including phenoxy) is 1. The number of rotatable bonds is 7. The van der Waals surface area contributed by atoms with Crippen molar-refractivity contribution in [2.24, 2.45) is 0 Å². The molecule has 0 radical (unpaired) electrons. The van der Waals surface area contributed by atoms with Crippen LogP contribution < -0.4 is 15.4 Å². The predicted octanol–water partition coefficient (Wildman–Crippen LogP) is 7.12. The Balaban J connectivity index is 1.46. The van der Waals surface area contributed by atoms with Crippen molar-refractivity contribution in [3.05, 3.63) is 94.5 Å². The number of halogens is 2. The smallest absolute Gasteiger partial charge is 0.340 e. The van der Waals surface area contributed by atoms with Gasteiger partial charge in [0.05, 0.1) is 33.3 Å². The van der Waals surface area contributed by atoms with Crippen molar-refractivity contribution in [2.45, 2.75) is 4.90 Å². The van der Waals surface area contributed by atoms with Crippen molar-refractivity contribution in [2.75, 3.05) is 22.5 Å². The number of hydrogen-bond donors (Lipinski definition) is 3. The van der Waals surface area contributed by atoms with Crippen LogP contribution in [0.5, 0.6) is 0 Å². The fourth-order valence-corrected chi connectivity index (χ4v) is 5.93. The van der Waals surface area contributed by atoms with E-state index in [0.29, 0.717) is 21.3 Å². The number of carbonyl (C=O) groups excluding carboxylic acids is 1. The zero-order chi connectivity index (χ0) is 26.6. The Morgan fingerprint density at radius 1 is 0.892 bits per heavy atom. The molecule has 0 aliphatic carbocycles. The fraction of sp³-hybridized carbons (Fsp3) is 0.0400. The molecule has 37 heavy (non-hydrogen) atoms. The molecular formula is C25H19Cl2N3O4S3. The summed E-state index contributed by atoms with van der Waals surface area (Å²) in [4.78, 5) is 13.2. The van der Waals surface area contributed by atoms with E-state index >= 15 is 0 Å². The average molecular weight is 593 g/mol. The number of sulfonamides is 1. The van der Waals surface area contributed by atoms with E-state index in [0.717, 1.165) is 10.4 Å². The molecule has 190 valence electrons. The van der Waals surface area contributed by atoms with Gasteiger partial charge in [0.2, 0.25) is 0 Å². The summed E-state index contributed by atoms with van der Waals surface area (Å²) >= 11 is 18.6. The number of carbonyl (C=O) groups is 1. The van der Waals surface area contributed by atoms with Gasteiger partial charge in [0.15, 0.2) is 5.11 Å².